The van der Waals surface area contributed by atoms with Crippen LogP contribution >= 0.6 is 15.9 Å². The lowest BCUT2D eigenvalue weighted by Crippen LogP contribution is -2.40. The first-order chi connectivity index (χ1) is 10.6. The monoisotopic (exact) mass is 371 g/mol. The van der Waals surface area contributed by atoms with Crippen molar-refractivity contribution in [1.82, 2.24) is 4.90 Å². The Morgan fingerprint density at radius 1 is 1.23 bits per heavy atom. The molecule has 4 nitrogen and oxygen atoms in total. The van der Waals surface area contributed by atoms with Crippen LogP contribution in [0.1, 0.15) is 19.8 Å². The minimum atomic E-state index is -0.416. The van der Waals surface area contributed by atoms with E-state index in [-0.39, 0.29) is 0 Å². The van der Waals surface area contributed by atoms with Crippen molar-refractivity contribution in [1.29, 1.82) is 0 Å². The first-order valence-corrected chi connectivity index (χ1v) is 8.79. The van der Waals surface area contributed by atoms with Gasteiger partial charge >= 0.3 is 0 Å². The summed E-state index contributed by atoms with van der Waals surface area (Å²) in [5.41, 5.74) is 0. The van der Waals surface area contributed by atoms with E-state index in [1.54, 1.807) is 0 Å². The minimum absolute atomic E-state index is 0.371. The van der Waals surface area contributed by atoms with Crippen LogP contribution in [0, 0.1) is 5.92 Å². The lowest BCUT2D eigenvalue weighted by Gasteiger charge is -2.31. The second kappa shape index (κ2) is 9.50. The highest BCUT2D eigenvalue weighted by atomic mass is 79.9. The van der Waals surface area contributed by atoms with Gasteiger partial charge in [0, 0.05) is 11.0 Å². The third kappa shape index (κ3) is 6.65. The van der Waals surface area contributed by atoms with Gasteiger partial charge in [-0.2, -0.15) is 0 Å². The van der Waals surface area contributed by atoms with E-state index >= 15 is 0 Å². The van der Waals surface area contributed by atoms with Crippen LogP contribution < -0.4 is 4.74 Å². The molecular weight excluding hydrogens is 346 g/mol. The molecule has 1 aromatic rings. The van der Waals surface area contributed by atoms with Crippen LogP contribution in [0.4, 0.5) is 0 Å². The summed E-state index contributed by atoms with van der Waals surface area (Å²) in [7, 11) is 0. The number of benzene rings is 1. The van der Waals surface area contributed by atoms with Crippen molar-refractivity contribution in [2.24, 2.45) is 5.92 Å². The summed E-state index contributed by atoms with van der Waals surface area (Å²) >= 11 is 3.39. The van der Waals surface area contributed by atoms with Gasteiger partial charge in [0.2, 0.25) is 0 Å². The van der Waals surface area contributed by atoms with Gasteiger partial charge in [-0.15, -0.1) is 0 Å². The predicted octanol–water partition coefficient (Wildman–Crippen LogP) is 2.94. The standard InChI is InChI=1S/C17H26BrNO3/c1-14-6-8-19(9-7-14)12-16(20)13-21-10-11-22-17-4-2-15(18)3-5-17/h2-5,14,16,20H,6-13H2,1H3/t16-/m0/s1. The van der Waals surface area contributed by atoms with Crippen LogP contribution in [0.15, 0.2) is 28.7 Å². The summed E-state index contributed by atoms with van der Waals surface area (Å²) in [5, 5.41) is 10.0. The van der Waals surface area contributed by atoms with E-state index in [4.69, 9.17) is 9.47 Å². The average Bonchev–Trinajstić information content (AvgIpc) is 2.51. The van der Waals surface area contributed by atoms with Crippen molar-refractivity contribution in [2.45, 2.75) is 25.9 Å². The van der Waals surface area contributed by atoms with E-state index in [9.17, 15) is 5.11 Å². The largest absolute Gasteiger partial charge is 0.491 e. The molecule has 0 radical (unpaired) electrons. The fraction of sp³-hybridized carbons (Fsp3) is 0.647. The number of halogens is 1. The molecular formula is C17H26BrNO3. The highest BCUT2D eigenvalue weighted by molar-refractivity contribution is 9.10. The van der Waals surface area contributed by atoms with Gasteiger partial charge in [-0.3, -0.25) is 0 Å². The van der Waals surface area contributed by atoms with Crippen molar-refractivity contribution in [2.75, 3.05) is 39.5 Å². The number of aliphatic hydroxyl groups excluding tert-OH is 1. The van der Waals surface area contributed by atoms with Crippen molar-refractivity contribution >= 4 is 15.9 Å². The van der Waals surface area contributed by atoms with E-state index in [1.165, 1.54) is 12.8 Å². The van der Waals surface area contributed by atoms with Gasteiger partial charge in [-0.1, -0.05) is 22.9 Å². The minimum Gasteiger partial charge on any atom is -0.491 e. The van der Waals surface area contributed by atoms with Gasteiger partial charge in [-0.25, -0.2) is 0 Å². The first kappa shape index (κ1) is 17.7. The Labute approximate surface area is 141 Å². The van der Waals surface area contributed by atoms with Crippen molar-refractivity contribution in [3.8, 4) is 5.75 Å². The van der Waals surface area contributed by atoms with Crippen molar-refractivity contribution in [3.63, 3.8) is 0 Å². The third-order valence-electron chi connectivity index (χ3n) is 3.97. The lowest BCUT2D eigenvalue weighted by molar-refractivity contribution is 0.00333. The van der Waals surface area contributed by atoms with Gasteiger partial charge in [0.1, 0.15) is 12.4 Å². The highest BCUT2D eigenvalue weighted by Crippen LogP contribution is 2.16. The van der Waals surface area contributed by atoms with E-state index < -0.39 is 6.10 Å². The van der Waals surface area contributed by atoms with Crippen LogP contribution in [-0.4, -0.2) is 55.6 Å². The van der Waals surface area contributed by atoms with Gasteiger partial charge in [0.25, 0.3) is 0 Å². The Morgan fingerprint density at radius 3 is 2.59 bits per heavy atom. The zero-order valence-electron chi connectivity index (χ0n) is 13.2. The number of rotatable bonds is 8. The maximum Gasteiger partial charge on any atom is 0.119 e. The number of hydrogen-bond acceptors (Lipinski definition) is 4. The predicted molar refractivity (Wildman–Crippen MR) is 91.3 cm³/mol. The number of nitrogens with zero attached hydrogens (tertiary/aromatic N) is 1. The van der Waals surface area contributed by atoms with Crippen molar-refractivity contribution in [3.05, 3.63) is 28.7 Å². The van der Waals surface area contributed by atoms with Crippen LogP contribution in [0.5, 0.6) is 5.75 Å². The van der Waals surface area contributed by atoms with Crippen LogP contribution in [0.3, 0.4) is 0 Å². The molecule has 0 aliphatic carbocycles. The molecule has 22 heavy (non-hydrogen) atoms. The first-order valence-electron chi connectivity index (χ1n) is 8.00. The summed E-state index contributed by atoms with van der Waals surface area (Å²) in [4.78, 5) is 2.33. The molecule has 1 aliphatic rings. The van der Waals surface area contributed by atoms with E-state index in [0.717, 1.165) is 29.2 Å². The van der Waals surface area contributed by atoms with E-state index in [1.807, 2.05) is 24.3 Å². The SMILES string of the molecule is CC1CCN(C[C@H](O)COCCOc2ccc(Br)cc2)CC1. The van der Waals surface area contributed by atoms with Crippen molar-refractivity contribution < 1.29 is 14.6 Å². The average molecular weight is 372 g/mol. The zero-order valence-corrected chi connectivity index (χ0v) is 14.8. The molecule has 1 N–H and O–H groups in total. The highest BCUT2D eigenvalue weighted by Gasteiger charge is 2.18. The fourth-order valence-electron chi connectivity index (χ4n) is 2.56. The lowest BCUT2D eigenvalue weighted by atomic mass is 9.99. The number of aliphatic hydroxyl groups is 1. The molecule has 0 amide bonds. The normalized spacial score (nSPS) is 18.3. The molecule has 0 unspecified atom stereocenters. The molecule has 1 heterocycles. The van der Waals surface area contributed by atoms with E-state index in [2.05, 4.69) is 27.8 Å². The second-order valence-electron chi connectivity index (χ2n) is 6.01. The van der Waals surface area contributed by atoms with Crippen LogP contribution in [0.2, 0.25) is 0 Å². The van der Waals surface area contributed by atoms with Gasteiger partial charge < -0.3 is 19.5 Å². The third-order valence-corrected chi connectivity index (χ3v) is 4.49. The second-order valence-corrected chi connectivity index (χ2v) is 6.93. The van der Waals surface area contributed by atoms with Gasteiger partial charge in [0.15, 0.2) is 0 Å². The Hall–Kier alpha value is -0.620. The molecule has 0 bridgehead atoms. The Bertz CT molecular complexity index is 418. The molecule has 1 atom stereocenters. The van der Waals surface area contributed by atoms with Gasteiger partial charge in [0.05, 0.1) is 19.3 Å². The Morgan fingerprint density at radius 2 is 1.91 bits per heavy atom. The fourth-order valence-corrected chi connectivity index (χ4v) is 2.83. The Kier molecular flexibility index (Phi) is 7.66. The molecule has 5 heteroatoms. The summed E-state index contributed by atoms with van der Waals surface area (Å²) in [6.07, 6.45) is 2.05. The maximum atomic E-state index is 10.0. The van der Waals surface area contributed by atoms with Crippen LogP contribution in [-0.2, 0) is 4.74 Å². The smallest absolute Gasteiger partial charge is 0.119 e. The zero-order chi connectivity index (χ0) is 15.8. The summed E-state index contributed by atoms with van der Waals surface area (Å²) in [6, 6.07) is 7.71. The molecule has 2 rings (SSSR count). The molecule has 1 fully saturated rings. The molecule has 0 saturated carbocycles. The number of likely N-dealkylation sites (tertiary alicyclic amines) is 1. The molecule has 1 aliphatic heterocycles. The topological polar surface area (TPSA) is 41.9 Å². The van der Waals surface area contributed by atoms with Gasteiger partial charge in [-0.05, 0) is 56.1 Å². The molecule has 0 spiro atoms. The number of ether oxygens (including phenoxy) is 2. The number of hydrogen-bond donors (Lipinski definition) is 1. The number of piperidine rings is 1. The summed E-state index contributed by atoms with van der Waals surface area (Å²) in [5.74, 6) is 1.65. The van der Waals surface area contributed by atoms with Crippen LogP contribution in [0.25, 0.3) is 0 Å². The molecule has 1 saturated heterocycles. The maximum absolute atomic E-state index is 10.0. The quantitative estimate of drug-likeness (QED) is 0.713. The molecule has 0 aromatic heterocycles. The van der Waals surface area contributed by atoms with E-state index in [0.29, 0.717) is 26.4 Å². The summed E-state index contributed by atoms with van der Waals surface area (Å²) < 4.78 is 12.1. The molecule has 124 valence electrons. The number of β-amino-alcohol motifs (C(OH)–C–C–N with tert-alkyl or cyclic N) is 1. The molecule has 1 aromatic carbocycles. The summed E-state index contributed by atoms with van der Waals surface area (Å²) in [6.45, 7) is 6.54. The Balaban J connectivity index is 1.51.